The monoisotopic (exact) mass is 195 g/mol. The first-order chi connectivity index (χ1) is 6.29. The van der Waals surface area contributed by atoms with Crippen molar-refractivity contribution in [3.05, 3.63) is 17.5 Å². The second kappa shape index (κ2) is 3.53. The molecule has 1 aromatic rings. The molecule has 0 aliphatic heterocycles. The van der Waals surface area contributed by atoms with Crippen molar-refractivity contribution in [2.24, 2.45) is 12.8 Å². The van der Waals surface area contributed by atoms with Gasteiger partial charge in [-0.05, 0) is 26.3 Å². The van der Waals surface area contributed by atoms with Gasteiger partial charge in [-0.2, -0.15) is 5.10 Å². The summed E-state index contributed by atoms with van der Waals surface area (Å²) >= 11 is 0. The van der Waals surface area contributed by atoms with Gasteiger partial charge in [-0.1, -0.05) is 0 Å². The number of aromatic nitrogens is 2. The van der Waals surface area contributed by atoms with Gasteiger partial charge in [-0.3, -0.25) is 9.48 Å². The summed E-state index contributed by atoms with van der Waals surface area (Å²) in [5.41, 5.74) is 6.74. The number of aryl methyl sites for hydroxylation is 2. The van der Waals surface area contributed by atoms with E-state index in [1.807, 2.05) is 27.0 Å². The Balaban J connectivity index is 2.85. The number of hydrogen-bond donors (Lipinski definition) is 1. The zero-order chi connectivity index (χ0) is 10.9. The molecule has 0 atom stereocenters. The highest BCUT2D eigenvalue weighted by molar-refractivity contribution is 5.96. The highest BCUT2D eigenvalue weighted by Gasteiger charge is 2.20. The molecule has 78 valence electrons. The number of carbonyl (C=O) groups is 1. The number of nitrogens with zero attached hydrogens (tertiary/aromatic N) is 2. The van der Waals surface area contributed by atoms with Gasteiger partial charge in [-0.15, -0.1) is 0 Å². The van der Waals surface area contributed by atoms with E-state index in [-0.39, 0.29) is 5.78 Å². The van der Waals surface area contributed by atoms with E-state index in [1.165, 1.54) is 0 Å². The third kappa shape index (κ3) is 2.67. The van der Waals surface area contributed by atoms with Gasteiger partial charge in [0.25, 0.3) is 0 Å². The van der Waals surface area contributed by atoms with Gasteiger partial charge in [0.2, 0.25) is 0 Å². The number of Topliss-reactive ketones (excluding diaryl/α,β-unsaturated/α-hetero) is 1. The summed E-state index contributed by atoms with van der Waals surface area (Å²) in [5.74, 6) is 0.00981. The Morgan fingerprint density at radius 1 is 1.64 bits per heavy atom. The molecule has 0 spiro atoms. The van der Waals surface area contributed by atoms with Crippen LogP contribution in [-0.4, -0.2) is 21.1 Å². The van der Waals surface area contributed by atoms with Crippen LogP contribution < -0.4 is 5.73 Å². The smallest absolute Gasteiger partial charge is 0.185 e. The van der Waals surface area contributed by atoms with Gasteiger partial charge in [0.15, 0.2) is 5.78 Å². The van der Waals surface area contributed by atoms with Crippen molar-refractivity contribution < 1.29 is 4.79 Å². The van der Waals surface area contributed by atoms with E-state index >= 15 is 0 Å². The maximum atomic E-state index is 11.7. The minimum absolute atomic E-state index is 0.00981. The molecule has 0 aliphatic carbocycles. The summed E-state index contributed by atoms with van der Waals surface area (Å²) in [5, 5.41) is 4.11. The van der Waals surface area contributed by atoms with Crippen molar-refractivity contribution in [2.75, 3.05) is 0 Å². The average Bonchev–Trinajstić information content (AvgIpc) is 2.26. The minimum Gasteiger partial charge on any atom is -0.325 e. The summed E-state index contributed by atoms with van der Waals surface area (Å²) < 4.78 is 1.64. The van der Waals surface area contributed by atoms with Crippen molar-refractivity contribution in [3.63, 3.8) is 0 Å². The van der Waals surface area contributed by atoms with Crippen LogP contribution >= 0.6 is 0 Å². The molecule has 4 heteroatoms. The number of ketones is 1. The number of nitrogens with two attached hydrogens (primary N) is 1. The molecule has 1 heterocycles. The minimum atomic E-state index is -0.471. The zero-order valence-electron chi connectivity index (χ0n) is 9.16. The van der Waals surface area contributed by atoms with Gasteiger partial charge >= 0.3 is 0 Å². The van der Waals surface area contributed by atoms with Crippen molar-refractivity contribution in [3.8, 4) is 0 Å². The lowest BCUT2D eigenvalue weighted by Gasteiger charge is -2.16. The Morgan fingerprint density at radius 2 is 2.21 bits per heavy atom. The molecule has 1 aromatic heterocycles. The fourth-order valence-electron chi connectivity index (χ4n) is 1.38. The average molecular weight is 195 g/mol. The normalized spacial score (nSPS) is 11.8. The van der Waals surface area contributed by atoms with Gasteiger partial charge in [0.1, 0.15) is 5.69 Å². The Morgan fingerprint density at radius 3 is 2.57 bits per heavy atom. The first-order valence-corrected chi connectivity index (χ1v) is 4.62. The number of rotatable bonds is 3. The highest BCUT2D eigenvalue weighted by Crippen LogP contribution is 2.12. The van der Waals surface area contributed by atoms with Crippen LogP contribution in [0.15, 0.2) is 6.20 Å². The van der Waals surface area contributed by atoms with E-state index in [0.717, 1.165) is 5.56 Å². The molecule has 0 saturated heterocycles. The molecule has 0 fully saturated rings. The topological polar surface area (TPSA) is 60.9 Å². The third-order valence-corrected chi connectivity index (χ3v) is 1.89. The molecular formula is C10H17N3O. The predicted molar refractivity (Wildman–Crippen MR) is 55.2 cm³/mol. The SMILES string of the molecule is Cc1cn(C)nc1C(=O)CC(C)(C)N. The molecule has 0 aliphatic rings. The maximum absolute atomic E-state index is 11.7. The summed E-state index contributed by atoms with van der Waals surface area (Å²) in [6.07, 6.45) is 2.15. The molecule has 1 rings (SSSR count). The van der Waals surface area contributed by atoms with E-state index in [1.54, 1.807) is 11.7 Å². The molecule has 14 heavy (non-hydrogen) atoms. The van der Waals surface area contributed by atoms with Crippen LogP contribution in [-0.2, 0) is 7.05 Å². The van der Waals surface area contributed by atoms with Crippen molar-refractivity contribution >= 4 is 5.78 Å². The molecule has 0 unspecified atom stereocenters. The standard InChI is InChI=1S/C10H17N3O/c1-7-6-13(4)12-9(7)8(14)5-10(2,3)11/h6H,5,11H2,1-4H3. The highest BCUT2D eigenvalue weighted by atomic mass is 16.1. The van der Waals surface area contributed by atoms with Crippen LogP contribution in [0.2, 0.25) is 0 Å². The van der Waals surface area contributed by atoms with Crippen LogP contribution in [0.25, 0.3) is 0 Å². The van der Waals surface area contributed by atoms with E-state index in [0.29, 0.717) is 12.1 Å². The summed E-state index contributed by atoms with van der Waals surface area (Å²) in [4.78, 5) is 11.7. The third-order valence-electron chi connectivity index (χ3n) is 1.89. The largest absolute Gasteiger partial charge is 0.325 e. The lowest BCUT2D eigenvalue weighted by Crippen LogP contribution is -2.34. The van der Waals surface area contributed by atoms with Gasteiger partial charge in [0, 0.05) is 25.2 Å². The first kappa shape index (κ1) is 10.9. The Kier molecular flexibility index (Phi) is 2.76. The quantitative estimate of drug-likeness (QED) is 0.733. The number of hydrogen-bond acceptors (Lipinski definition) is 3. The van der Waals surface area contributed by atoms with Crippen LogP contribution in [0.4, 0.5) is 0 Å². The second-order valence-corrected chi connectivity index (χ2v) is 4.42. The van der Waals surface area contributed by atoms with Crippen molar-refractivity contribution in [2.45, 2.75) is 32.7 Å². The molecule has 0 saturated carbocycles. The van der Waals surface area contributed by atoms with Crippen LogP contribution in [0.5, 0.6) is 0 Å². The predicted octanol–water partition coefficient (Wildman–Crippen LogP) is 1.04. The number of carbonyl (C=O) groups excluding carboxylic acids is 1. The lowest BCUT2D eigenvalue weighted by molar-refractivity contribution is 0.0954. The van der Waals surface area contributed by atoms with Gasteiger partial charge in [-0.25, -0.2) is 0 Å². The Hall–Kier alpha value is -1.16. The van der Waals surface area contributed by atoms with E-state index < -0.39 is 5.54 Å². The fraction of sp³-hybridized carbons (Fsp3) is 0.600. The molecule has 0 aromatic carbocycles. The van der Waals surface area contributed by atoms with Crippen LogP contribution in [0.3, 0.4) is 0 Å². The van der Waals surface area contributed by atoms with Crippen molar-refractivity contribution in [1.82, 2.24) is 9.78 Å². The molecule has 0 radical (unpaired) electrons. The van der Waals surface area contributed by atoms with Gasteiger partial charge in [0.05, 0.1) is 0 Å². The molecule has 2 N–H and O–H groups in total. The summed E-state index contributed by atoms with van der Waals surface area (Å²) in [6, 6.07) is 0. The molecular weight excluding hydrogens is 178 g/mol. The van der Waals surface area contributed by atoms with Crippen LogP contribution in [0.1, 0.15) is 36.3 Å². The molecule has 4 nitrogen and oxygen atoms in total. The lowest BCUT2D eigenvalue weighted by atomic mass is 9.97. The van der Waals surface area contributed by atoms with E-state index in [9.17, 15) is 4.79 Å². The van der Waals surface area contributed by atoms with Crippen LogP contribution in [0, 0.1) is 6.92 Å². The molecule has 0 bridgehead atoms. The second-order valence-electron chi connectivity index (χ2n) is 4.42. The van der Waals surface area contributed by atoms with E-state index in [4.69, 9.17) is 5.73 Å². The summed E-state index contributed by atoms with van der Waals surface area (Å²) in [7, 11) is 1.80. The van der Waals surface area contributed by atoms with Gasteiger partial charge < -0.3 is 5.73 Å². The fourth-order valence-corrected chi connectivity index (χ4v) is 1.38. The maximum Gasteiger partial charge on any atom is 0.185 e. The van der Waals surface area contributed by atoms with E-state index in [2.05, 4.69) is 5.10 Å². The molecule has 0 amide bonds. The first-order valence-electron chi connectivity index (χ1n) is 4.62. The zero-order valence-corrected chi connectivity index (χ0v) is 9.16. The summed E-state index contributed by atoms with van der Waals surface area (Å²) in [6.45, 7) is 5.55. The van der Waals surface area contributed by atoms with Crippen molar-refractivity contribution in [1.29, 1.82) is 0 Å². The Bertz CT molecular complexity index is 347. The Labute approximate surface area is 84.1 Å².